The molecule has 0 bridgehead atoms. The number of rotatable bonds is 8. The molecule has 1 aromatic heterocycles. The van der Waals surface area contributed by atoms with Crippen LogP contribution in [0, 0.1) is 0 Å². The molecule has 1 aromatic carbocycles. The van der Waals surface area contributed by atoms with Crippen LogP contribution in [0.15, 0.2) is 46.7 Å². The summed E-state index contributed by atoms with van der Waals surface area (Å²) in [7, 11) is -3.58. The lowest BCUT2D eigenvalue weighted by molar-refractivity contribution is 0.0364. The second-order valence-electron chi connectivity index (χ2n) is 4.62. The number of hydroxylamine groups is 1. The van der Waals surface area contributed by atoms with Crippen LogP contribution in [0.1, 0.15) is 22.2 Å². The van der Waals surface area contributed by atoms with E-state index >= 15 is 0 Å². The highest BCUT2D eigenvalue weighted by Crippen LogP contribution is 2.12. The summed E-state index contributed by atoms with van der Waals surface area (Å²) >= 11 is 1.59. The Morgan fingerprint density at radius 3 is 2.57 bits per heavy atom. The van der Waals surface area contributed by atoms with Crippen LogP contribution in [0.3, 0.4) is 0 Å². The van der Waals surface area contributed by atoms with Crippen LogP contribution >= 0.6 is 11.3 Å². The topological polar surface area (TPSA) is 84.5 Å². The first-order chi connectivity index (χ1) is 11.0. The zero-order chi connectivity index (χ0) is 16.7. The summed E-state index contributed by atoms with van der Waals surface area (Å²) in [6, 6.07) is 9.58. The minimum Gasteiger partial charge on any atom is -0.274 e. The highest BCUT2D eigenvalue weighted by Gasteiger charge is 2.14. The van der Waals surface area contributed by atoms with Crippen LogP contribution in [-0.4, -0.2) is 27.5 Å². The predicted octanol–water partition coefficient (Wildman–Crippen LogP) is 1.95. The van der Waals surface area contributed by atoms with Crippen LogP contribution < -0.4 is 10.2 Å². The summed E-state index contributed by atoms with van der Waals surface area (Å²) < 4.78 is 26.9. The maximum atomic E-state index is 12.2. The van der Waals surface area contributed by atoms with Gasteiger partial charge in [-0.05, 0) is 49.1 Å². The number of hydrogen-bond donors (Lipinski definition) is 2. The predicted molar refractivity (Wildman–Crippen MR) is 88.7 cm³/mol. The van der Waals surface area contributed by atoms with E-state index in [1.54, 1.807) is 18.3 Å². The Morgan fingerprint density at radius 1 is 1.22 bits per heavy atom. The Bertz CT molecular complexity index is 725. The van der Waals surface area contributed by atoms with Crippen molar-refractivity contribution < 1.29 is 18.0 Å². The first-order valence-electron chi connectivity index (χ1n) is 7.07. The molecular weight excluding hydrogens is 336 g/mol. The second kappa shape index (κ2) is 8.21. The molecule has 8 heteroatoms. The zero-order valence-corrected chi connectivity index (χ0v) is 14.2. The highest BCUT2D eigenvalue weighted by atomic mass is 32.2. The van der Waals surface area contributed by atoms with Crippen LogP contribution in [0.2, 0.25) is 0 Å². The van der Waals surface area contributed by atoms with Gasteiger partial charge in [0, 0.05) is 17.0 Å². The fraction of sp³-hybridized carbons (Fsp3) is 0.267. The largest absolute Gasteiger partial charge is 0.274 e. The number of amides is 1. The van der Waals surface area contributed by atoms with E-state index in [2.05, 4.69) is 10.2 Å². The maximum absolute atomic E-state index is 12.2. The van der Waals surface area contributed by atoms with Crippen LogP contribution in [0.5, 0.6) is 0 Å². The fourth-order valence-corrected chi connectivity index (χ4v) is 3.57. The number of sulfonamides is 1. The molecule has 0 saturated carbocycles. The third-order valence-corrected chi connectivity index (χ3v) is 5.39. The lowest BCUT2D eigenvalue weighted by Gasteiger charge is -2.07. The van der Waals surface area contributed by atoms with E-state index in [9.17, 15) is 13.2 Å². The molecule has 1 amide bonds. The van der Waals surface area contributed by atoms with Gasteiger partial charge in [-0.15, -0.1) is 11.3 Å². The molecule has 1 heterocycles. The second-order valence-corrected chi connectivity index (χ2v) is 7.41. The average Bonchev–Trinajstić information content (AvgIpc) is 3.06. The van der Waals surface area contributed by atoms with Crippen molar-refractivity contribution in [3.63, 3.8) is 0 Å². The first kappa shape index (κ1) is 17.6. The average molecular weight is 354 g/mol. The van der Waals surface area contributed by atoms with E-state index in [4.69, 9.17) is 4.84 Å². The van der Waals surface area contributed by atoms with Crippen LogP contribution in [-0.2, 0) is 21.3 Å². The van der Waals surface area contributed by atoms with Gasteiger partial charge in [0.1, 0.15) is 0 Å². The van der Waals surface area contributed by atoms with Crippen molar-refractivity contribution in [1.82, 2.24) is 10.2 Å². The molecule has 0 aliphatic heterocycles. The third-order valence-electron chi connectivity index (χ3n) is 2.98. The highest BCUT2D eigenvalue weighted by molar-refractivity contribution is 7.89. The molecule has 6 nitrogen and oxygen atoms in total. The normalized spacial score (nSPS) is 11.3. The minimum absolute atomic E-state index is 0.122. The molecule has 0 radical (unpaired) electrons. The fourth-order valence-electron chi connectivity index (χ4n) is 1.83. The molecule has 0 aliphatic rings. The lowest BCUT2D eigenvalue weighted by atomic mass is 10.2. The van der Waals surface area contributed by atoms with Crippen molar-refractivity contribution in [2.45, 2.75) is 18.2 Å². The Hall–Kier alpha value is -1.74. The molecule has 0 fully saturated rings. The van der Waals surface area contributed by atoms with Crippen LogP contribution in [0.4, 0.5) is 0 Å². The van der Waals surface area contributed by atoms with Crippen molar-refractivity contribution in [2.24, 2.45) is 0 Å². The van der Waals surface area contributed by atoms with Gasteiger partial charge in [-0.25, -0.2) is 18.6 Å². The molecule has 124 valence electrons. The Labute approximate surface area is 139 Å². The minimum atomic E-state index is -3.58. The van der Waals surface area contributed by atoms with E-state index in [-0.39, 0.29) is 4.90 Å². The van der Waals surface area contributed by atoms with Gasteiger partial charge in [-0.2, -0.15) is 0 Å². The number of hydrogen-bond acceptors (Lipinski definition) is 5. The summed E-state index contributed by atoms with van der Waals surface area (Å²) in [6.45, 7) is 2.43. The summed E-state index contributed by atoms with van der Waals surface area (Å²) in [4.78, 5) is 17.7. The number of carbonyl (C=O) groups excluding carboxylic acids is 1. The number of thiophene rings is 1. The lowest BCUT2D eigenvalue weighted by Crippen LogP contribution is -2.26. The SMILES string of the molecule is CCONC(=O)c1ccc(S(=O)(=O)NCCc2cccs2)cc1. The van der Waals surface area contributed by atoms with Crippen molar-refractivity contribution in [3.8, 4) is 0 Å². The molecular formula is C15H18N2O4S2. The molecule has 0 spiro atoms. The quantitative estimate of drug-likeness (QED) is 0.710. The maximum Gasteiger partial charge on any atom is 0.274 e. The Kier molecular flexibility index (Phi) is 6.28. The van der Waals surface area contributed by atoms with E-state index in [0.29, 0.717) is 25.1 Å². The van der Waals surface area contributed by atoms with E-state index < -0.39 is 15.9 Å². The van der Waals surface area contributed by atoms with Crippen LogP contribution in [0.25, 0.3) is 0 Å². The molecule has 23 heavy (non-hydrogen) atoms. The Morgan fingerprint density at radius 2 is 1.96 bits per heavy atom. The standard InChI is InChI=1S/C15H18N2O4S2/c1-2-21-17-15(18)12-5-7-14(8-6-12)23(19,20)16-10-9-13-4-3-11-22-13/h3-8,11,16H,2,9-10H2,1H3,(H,17,18). The van der Waals surface area contributed by atoms with Gasteiger partial charge in [0.2, 0.25) is 10.0 Å². The molecule has 0 aliphatic carbocycles. The van der Waals surface area contributed by atoms with Gasteiger partial charge in [0.25, 0.3) is 5.91 Å². The first-order valence-corrected chi connectivity index (χ1v) is 9.43. The molecule has 0 saturated heterocycles. The number of benzene rings is 1. The third kappa shape index (κ3) is 5.14. The van der Waals surface area contributed by atoms with E-state index in [0.717, 1.165) is 4.88 Å². The van der Waals surface area contributed by atoms with Gasteiger partial charge in [-0.1, -0.05) is 6.07 Å². The molecule has 2 aromatic rings. The monoisotopic (exact) mass is 354 g/mol. The molecule has 2 N–H and O–H groups in total. The number of nitrogens with one attached hydrogen (secondary N) is 2. The molecule has 0 atom stereocenters. The Balaban J connectivity index is 1.95. The van der Waals surface area contributed by atoms with Crippen molar-refractivity contribution in [2.75, 3.05) is 13.2 Å². The summed E-state index contributed by atoms with van der Waals surface area (Å²) in [5.41, 5.74) is 2.58. The molecule has 2 rings (SSSR count). The van der Waals surface area contributed by atoms with Crippen molar-refractivity contribution >= 4 is 27.3 Å². The van der Waals surface area contributed by atoms with Crippen molar-refractivity contribution in [3.05, 3.63) is 52.2 Å². The molecule has 0 unspecified atom stereocenters. The van der Waals surface area contributed by atoms with Gasteiger partial charge >= 0.3 is 0 Å². The van der Waals surface area contributed by atoms with Crippen molar-refractivity contribution in [1.29, 1.82) is 0 Å². The van der Waals surface area contributed by atoms with Gasteiger partial charge in [-0.3, -0.25) is 9.63 Å². The van der Waals surface area contributed by atoms with Gasteiger partial charge in [0.15, 0.2) is 0 Å². The summed E-state index contributed by atoms with van der Waals surface area (Å²) in [5.74, 6) is -0.415. The zero-order valence-electron chi connectivity index (χ0n) is 12.6. The van der Waals surface area contributed by atoms with E-state index in [1.165, 1.54) is 24.3 Å². The smallest absolute Gasteiger partial charge is 0.274 e. The summed E-state index contributed by atoms with van der Waals surface area (Å²) in [6.07, 6.45) is 0.645. The number of carbonyl (C=O) groups is 1. The van der Waals surface area contributed by atoms with Gasteiger partial charge < -0.3 is 0 Å². The summed E-state index contributed by atoms with van der Waals surface area (Å²) in [5, 5.41) is 1.95. The van der Waals surface area contributed by atoms with E-state index in [1.807, 2.05) is 17.5 Å². The van der Waals surface area contributed by atoms with Gasteiger partial charge in [0.05, 0.1) is 11.5 Å².